The van der Waals surface area contributed by atoms with Crippen molar-refractivity contribution in [2.75, 3.05) is 39.1 Å². The van der Waals surface area contributed by atoms with Gasteiger partial charge in [-0.05, 0) is 69.3 Å². The summed E-state index contributed by atoms with van der Waals surface area (Å²) in [6.45, 7) is 3.07. The number of anilines is 1. The Morgan fingerprint density at radius 3 is 2.61 bits per heavy atom. The van der Waals surface area contributed by atoms with Crippen LogP contribution in [0.25, 0.3) is 0 Å². The Labute approximate surface area is 178 Å². The highest BCUT2D eigenvalue weighted by Gasteiger charge is 2.25. The van der Waals surface area contributed by atoms with E-state index in [-0.39, 0.29) is 0 Å². The number of hydrogen-bond acceptors (Lipinski definition) is 3. The van der Waals surface area contributed by atoms with E-state index in [1.165, 1.54) is 5.56 Å². The van der Waals surface area contributed by atoms with Crippen LogP contribution in [-0.4, -0.2) is 54.7 Å². The molecular weight excluding hydrogens is 390 g/mol. The fourth-order valence-electron chi connectivity index (χ4n) is 3.56. The summed E-state index contributed by atoms with van der Waals surface area (Å²) in [6.07, 6.45) is 3.18. The fourth-order valence-corrected chi connectivity index (χ4v) is 4.08. The number of nitrogens with one attached hydrogen (secondary N) is 1. The van der Waals surface area contributed by atoms with Gasteiger partial charge in [-0.2, -0.15) is 0 Å². The van der Waals surface area contributed by atoms with Crippen molar-refractivity contribution in [1.82, 2.24) is 9.80 Å². The maximum atomic E-state index is 6.38. The van der Waals surface area contributed by atoms with Crippen LogP contribution >= 0.6 is 23.8 Å². The second-order valence-corrected chi connectivity index (χ2v) is 8.03. The molecule has 0 spiro atoms. The first-order valence-electron chi connectivity index (χ1n) is 9.70. The number of hydrogen-bond donors (Lipinski definition) is 1. The van der Waals surface area contributed by atoms with Crippen molar-refractivity contribution in [2.24, 2.45) is 0 Å². The largest absolute Gasteiger partial charge is 0.497 e. The summed E-state index contributed by atoms with van der Waals surface area (Å²) in [4.78, 5) is 4.71. The molecule has 0 aliphatic carbocycles. The molecule has 28 heavy (non-hydrogen) atoms. The molecule has 1 fully saturated rings. The monoisotopic (exact) mass is 417 g/mol. The van der Waals surface area contributed by atoms with Gasteiger partial charge in [-0.1, -0.05) is 41.9 Å². The van der Waals surface area contributed by atoms with E-state index in [2.05, 4.69) is 52.5 Å². The van der Waals surface area contributed by atoms with E-state index in [1.807, 2.05) is 18.2 Å². The van der Waals surface area contributed by atoms with Gasteiger partial charge in [-0.25, -0.2) is 0 Å². The quantitative estimate of drug-likeness (QED) is 0.688. The summed E-state index contributed by atoms with van der Waals surface area (Å²) in [5.74, 6) is 0.754. The Balaban J connectivity index is 1.74. The highest BCUT2D eigenvalue weighted by Crippen LogP contribution is 2.28. The molecular formula is C22H28ClN3OS. The summed E-state index contributed by atoms with van der Waals surface area (Å²) in [5.41, 5.74) is 2.10. The molecule has 3 rings (SSSR count). The summed E-state index contributed by atoms with van der Waals surface area (Å²) >= 11 is 12.2. The van der Waals surface area contributed by atoms with Gasteiger partial charge in [-0.3, -0.25) is 0 Å². The van der Waals surface area contributed by atoms with Crippen LogP contribution < -0.4 is 10.1 Å². The molecule has 1 saturated heterocycles. The standard InChI is InChI=1S/C22H28ClN3OS/c1-25-13-11-18(12-14-25)26(15-10-17-6-4-3-5-7-17)22(28)24-21-16-19(27-2)8-9-20(21)23/h3-9,16,18H,10-15H2,1-2H3,(H,24,28). The van der Waals surface area contributed by atoms with Crippen LogP contribution in [0.5, 0.6) is 5.75 Å². The number of ether oxygens (including phenoxy) is 1. The molecule has 2 aromatic carbocycles. The maximum Gasteiger partial charge on any atom is 0.173 e. The summed E-state index contributed by atoms with van der Waals surface area (Å²) < 4.78 is 5.32. The molecule has 1 heterocycles. The number of rotatable bonds is 6. The molecule has 0 bridgehead atoms. The molecule has 0 aromatic heterocycles. The molecule has 0 atom stereocenters. The van der Waals surface area contributed by atoms with Crippen LogP contribution in [0.2, 0.25) is 5.02 Å². The molecule has 0 radical (unpaired) electrons. The summed E-state index contributed by atoms with van der Waals surface area (Å²) in [6, 6.07) is 16.6. The van der Waals surface area contributed by atoms with Crippen molar-refractivity contribution < 1.29 is 4.74 Å². The van der Waals surface area contributed by atoms with Gasteiger partial charge < -0.3 is 19.9 Å². The highest BCUT2D eigenvalue weighted by molar-refractivity contribution is 7.80. The second kappa shape index (κ2) is 10.1. The highest BCUT2D eigenvalue weighted by atomic mass is 35.5. The van der Waals surface area contributed by atoms with E-state index in [0.717, 1.165) is 55.4 Å². The molecule has 0 amide bonds. The minimum absolute atomic E-state index is 0.435. The Kier molecular flexibility index (Phi) is 7.54. The van der Waals surface area contributed by atoms with Gasteiger partial charge in [0.1, 0.15) is 5.75 Å². The van der Waals surface area contributed by atoms with Gasteiger partial charge in [-0.15, -0.1) is 0 Å². The fraction of sp³-hybridized carbons (Fsp3) is 0.409. The number of nitrogens with zero attached hydrogens (tertiary/aromatic N) is 2. The minimum atomic E-state index is 0.435. The van der Waals surface area contributed by atoms with E-state index >= 15 is 0 Å². The van der Waals surface area contributed by atoms with Gasteiger partial charge in [0.25, 0.3) is 0 Å². The molecule has 1 aliphatic rings. The third-order valence-corrected chi connectivity index (χ3v) is 5.96. The lowest BCUT2D eigenvalue weighted by Gasteiger charge is -2.39. The van der Waals surface area contributed by atoms with E-state index in [1.54, 1.807) is 7.11 Å². The third-order valence-electron chi connectivity index (χ3n) is 5.29. The molecule has 4 nitrogen and oxygen atoms in total. The molecule has 2 aromatic rings. The first-order chi connectivity index (χ1) is 13.6. The zero-order valence-electron chi connectivity index (χ0n) is 16.5. The van der Waals surface area contributed by atoms with Gasteiger partial charge >= 0.3 is 0 Å². The van der Waals surface area contributed by atoms with Crippen LogP contribution in [0.15, 0.2) is 48.5 Å². The van der Waals surface area contributed by atoms with E-state index in [9.17, 15) is 0 Å². The number of halogens is 1. The Morgan fingerprint density at radius 1 is 1.21 bits per heavy atom. The van der Waals surface area contributed by atoms with Crippen molar-refractivity contribution in [1.29, 1.82) is 0 Å². The maximum absolute atomic E-state index is 6.38. The Bertz CT molecular complexity index is 779. The number of likely N-dealkylation sites (tertiary alicyclic amines) is 1. The van der Waals surface area contributed by atoms with Crippen LogP contribution in [0.3, 0.4) is 0 Å². The lowest BCUT2D eigenvalue weighted by atomic mass is 10.0. The first-order valence-corrected chi connectivity index (χ1v) is 10.5. The topological polar surface area (TPSA) is 27.7 Å². The molecule has 1 N–H and O–H groups in total. The normalized spacial score (nSPS) is 15.2. The average molecular weight is 418 g/mol. The molecule has 6 heteroatoms. The molecule has 1 aliphatic heterocycles. The van der Waals surface area contributed by atoms with Crippen molar-refractivity contribution in [3.8, 4) is 5.75 Å². The predicted molar refractivity (Wildman–Crippen MR) is 122 cm³/mol. The van der Waals surface area contributed by atoms with Gasteiger partial charge in [0.15, 0.2) is 5.11 Å². The van der Waals surface area contributed by atoms with Crippen LogP contribution in [0, 0.1) is 0 Å². The number of benzene rings is 2. The smallest absolute Gasteiger partial charge is 0.173 e. The van der Waals surface area contributed by atoms with Crippen LogP contribution in [0.1, 0.15) is 18.4 Å². The Morgan fingerprint density at radius 2 is 1.93 bits per heavy atom. The van der Waals surface area contributed by atoms with Crippen molar-refractivity contribution in [3.05, 3.63) is 59.1 Å². The van der Waals surface area contributed by atoms with E-state index in [0.29, 0.717) is 11.1 Å². The average Bonchev–Trinajstić information content (AvgIpc) is 2.72. The van der Waals surface area contributed by atoms with Gasteiger partial charge in [0.2, 0.25) is 0 Å². The van der Waals surface area contributed by atoms with Crippen molar-refractivity contribution in [3.63, 3.8) is 0 Å². The zero-order valence-corrected chi connectivity index (χ0v) is 18.1. The van der Waals surface area contributed by atoms with E-state index in [4.69, 9.17) is 28.6 Å². The first kappa shape index (κ1) is 20.9. The molecule has 0 unspecified atom stereocenters. The second-order valence-electron chi connectivity index (χ2n) is 7.24. The van der Waals surface area contributed by atoms with Gasteiger partial charge in [0.05, 0.1) is 17.8 Å². The third kappa shape index (κ3) is 5.60. The lowest BCUT2D eigenvalue weighted by molar-refractivity contribution is 0.178. The summed E-state index contributed by atoms with van der Waals surface area (Å²) in [5, 5.41) is 4.72. The van der Waals surface area contributed by atoms with Gasteiger partial charge in [0, 0.05) is 18.7 Å². The van der Waals surface area contributed by atoms with Crippen LogP contribution in [-0.2, 0) is 6.42 Å². The molecule has 0 saturated carbocycles. The van der Waals surface area contributed by atoms with Crippen LogP contribution in [0.4, 0.5) is 5.69 Å². The van der Waals surface area contributed by atoms with Crippen molar-refractivity contribution in [2.45, 2.75) is 25.3 Å². The minimum Gasteiger partial charge on any atom is -0.497 e. The number of piperidine rings is 1. The predicted octanol–water partition coefficient (Wildman–Crippen LogP) is 4.68. The molecule has 150 valence electrons. The lowest BCUT2D eigenvalue weighted by Crippen LogP contribution is -2.48. The Hall–Kier alpha value is -1.82. The SMILES string of the molecule is COc1ccc(Cl)c(NC(=S)N(CCc2ccccc2)C2CCN(C)CC2)c1. The van der Waals surface area contributed by atoms with Crippen molar-refractivity contribution >= 4 is 34.6 Å². The summed E-state index contributed by atoms with van der Waals surface area (Å²) in [7, 11) is 3.83. The number of thiocarbonyl (C=S) groups is 1. The zero-order chi connectivity index (χ0) is 19.9. The number of methoxy groups -OCH3 is 1. The van der Waals surface area contributed by atoms with E-state index < -0.39 is 0 Å².